The average Bonchev–Trinajstić information content (AvgIpc) is 3.10. The molecule has 2 aliphatic carbocycles. The minimum Gasteiger partial charge on any atom is -0.472 e. The molecule has 6 nitrogen and oxygen atoms in total. The van der Waals surface area contributed by atoms with Gasteiger partial charge in [-0.3, -0.25) is 0 Å². The van der Waals surface area contributed by atoms with Gasteiger partial charge in [0, 0.05) is 27.9 Å². The van der Waals surface area contributed by atoms with E-state index in [9.17, 15) is 14.7 Å². The van der Waals surface area contributed by atoms with Gasteiger partial charge in [0.15, 0.2) is 5.60 Å². The van der Waals surface area contributed by atoms with E-state index in [1.165, 1.54) is 0 Å². The van der Waals surface area contributed by atoms with Crippen molar-refractivity contribution in [1.29, 1.82) is 0 Å². The molecule has 1 aromatic rings. The van der Waals surface area contributed by atoms with Crippen LogP contribution in [0.3, 0.4) is 0 Å². The van der Waals surface area contributed by atoms with E-state index in [1.54, 1.807) is 30.7 Å². The fourth-order valence-electron chi connectivity index (χ4n) is 5.64. The number of fused-ring (bicyclic) bond motifs is 2. The lowest BCUT2D eigenvalue weighted by Crippen LogP contribution is -2.70. The van der Waals surface area contributed by atoms with Gasteiger partial charge in [0.05, 0.1) is 12.5 Å². The van der Waals surface area contributed by atoms with E-state index in [1.807, 2.05) is 19.9 Å². The molecule has 3 aliphatic heterocycles. The van der Waals surface area contributed by atoms with Gasteiger partial charge in [0.1, 0.15) is 12.2 Å². The number of hydrogen-bond donors (Lipinski definition) is 1. The largest absolute Gasteiger partial charge is 0.472 e. The van der Waals surface area contributed by atoms with Crippen molar-refractivity contribution in [2.24, 2.45) is 16.7 Å². The second kappa shape index (κ2) is 4.68. The molecule has 26 heavy (non-hydrogen) atoms. The number of hydrogen-bond acceptors (Lipinski definition) is 6. The Morgan fingerprint density at radius 1 is 1.23 bits per heavy atom. The summed E-state index contributed by atoms with van der Waals surface area (Å²) < 4.78 is 16.3. The number of ether oxygens (including phenoxy) is 2. The summed E-state index contributed by atoms with van der Waals surface area (Å²) in [5, 5.41) is 11.1. The summed E-state index contributed by atoms with van der Waals surface area (Å²) in [7, 11) is 0. The van der Waals surface area contributed by atoms with E-state index in [0.29, 0.717) is 18.4 Å². The predicted molar refractivity (Wildman–Crippen MR) is 88.5 cm³/mol. The van der Waals surface area contributed by atoms with Crippen molar-refractivity contribution in [3.05, 3.63) is 48.0 Å². The van der Waals surface area contributed by atoms with Gasteiger partial charge in [-0.2, -0.15) is 0 Å². The van der Waals surface area contributed by atoms with E-state index < -0.39 is 34.6 Å². The van der Waals surface area contributed by atoms with Gasteiger partial charge in [-0.25, -0.2) is 9.59 Å². The number of carbonyl (C=O) groups is 2. The Balaban J connectivity index is 1.65. The second-order valence-electron chi connectivity index (χ2n) is 8.28. The summed E-state index contributed by atoms with van der Waals surface area (Å²) >= 11 is 0. The Morgan fingerprint density at radius 2 is 2.04 bits per heavy atom. The van der Waals surface area contributed by atoms with Crippen LogP contribution in [0.15, 0.2) is 46.8 Å². The molecule has 0 saturated carbocycles. The highest BCUT2D eigenvalue weighted by Gasteiger charge is 2.71. The van der Waals surface area contributed by atoms with Gasteiger partial charge in [-0.05, 0) is 31.1 Å². The third kappa shape index (κ3) is 1.66. The monoisotopic (exact) mass is 356 g/mol. The van der Waals surface area contributed by atoms with Gasteiger partial charge in [-0.15, -0.1) is 0 Å². The number of cyclic esters (lactones) is 1. The molecule has 1 aromatic heterocycles. The molecule has 4 heterocycles. The summed E-state index contributed by atoms with van der Waals surface area (Å²) in [5.41, 5.74) is -1.59. The van der Waals surface area contributed by atoms with Crippen LogP contribution in [0.4, 0.5) is 0 Å². The fraction of sp³-hybridized carbons (Fsp3) is 0.500. The Morgan fingerprint density at radius 3 is 2.73 bits per heavy atom. The maximum Gasteiger partial charge on any atom is 0.343 e. The first-order chi connectivity index (χ1) is 12.3. The molecule has 0 radical (unpaired) electrons. The highest BCUT2D eigenvalue weighted by Crippen LogP contribution is 2.65. The molecule has 6 atom stereocenters. The van der Waals surface area contributed by atoms with Crippen molar-refractivity contribution < 1.29 is 28.6 Å². The molecule has 2 bridgehead atoms. The van der Waals surface area contributed by atoms with E-state index in [-0.39, 0.29) is 11.9 Å². The zero-order chi connectivity index (χ0) is 18.3. The number of rotatable bonds is 1. The van der Waals surface area contributed by atoms with Gasteiger partial charge in [-0.1, -0.05) is 19.9 Å². The maximum atomic E-state index is 12.8. The summed E-state index contributed by atoms with van der Waals surface area (Å²) in [5.74, 6) is -1.17. The lowest BCUT2D eigenvalue weighted by molar-refractivity contribution is -0.232. The van der Waals surface area contributed by atoms with E-state index in [4.69, 9.17) is 13.9 Å². The van der Waals surface area contributed by atoms with Gasteiger partial charge in [0.25, 0.3) is 0 Å². The molecule has 0 amide bonds. The molecule has 136 valence electrons. The van der Waals surface area contributed by atoms with Crippen LogP contribution in [0.2, 0.25) is 0 Å². The molecule has 2 saturated heterocycles. The van der Waals surface area contributed by atoms with Crippen molar-refractivity contribution in [2.75, 3.05) is 0 Å². The lowest BCUT2D eigenvalue weighted by Gasteiger charge is -2.63. The van der Waals surface area contributed by atoms with Crippen LogP contribution in [0.25, 0.3) is 0 Å². The Bertz CT molecular complexity index is 867. The van der Waals surface area contributed by atoms with Crippen molar-refractivity contribution in [2.45, 2.75) is 44.5 Å². The SMILES string of the molecule is C[C@@]12C[C@@H](c3ccoc3)OC(=O)C1=CC[C@]1(C)[C@H]2[C@H]2C=C[C@]1(O)C(=O)O2. The zero-order valence-corrected chi connectivity index (χ0v) is 14.6. The average molecular weight is 356 g/mol. The standard InChI is InChI=1S/C20H20O6/c1-18-9-14(11-5-8-24-10-11)25-16(21)12(18)3-6-19(2)15(18)13-4-7-20(19,23)17(22)26-13/h3-5,7-8,10,13-15,23H,6,9H2,1-2H3/t13-,14+,15+,18-,19-,20+/m1/s1. The summed E-state index contributed by atoms with van der Waals surface area (Å²) in [6.45, 7) is 3.93. The molecular weight excluding hydrogens is 336 g/mol. The van der Waals surface area contributed by atoms with Crippen LogP contribution in [-0.4, -0.2) is 28.8 Å². The Kier molecular flexibility index (Phi) is 2.86. The van der Waals surface area contributed by atoms with Crippen LogP contribution in [0.1, 0.15) is 38.4 Å². The Labute approximate surface area is 150 Å². The van der Waals surface area contributed by atoms with Crippen LogP contribution in [0.5, 0.6) is 0 Å². The summed E-state index contributed by atoms with van der Waals surface area (Å²) in [6.07, 6.45) is 8.36. The number of aliphatic hydroxyl groups is 1. The topological polar surface area (TPSA) is 86.0 Å². The number of furan rings is 1. The van der Waals surface area contributed by atoms with Crippen molar-refractivity contribution >= 4 is 11.9 Å². The van der Waals surface area contributed by atoms with Gasteiger partial charge in [0.2, 0.25) is 0 Å². The van der Waals surface area contributed by atoms with Crippen molar-refractivity contribution in [1.82, 2.24) is 0 Å². The first-order valence-corrected chi connectivity index (χ1v) is 8.86. The fourth-order valence-corrected chi connectivity index (χ4v) is 5.64. The molecule has 0 unspecified atom stereocenters. The van der Waals surface area contributed by atoms with Crippen LogP contribution in [-0.2, 0) is 19.1 Å². The van der Waals surface area contributed by atoms with E-state index >= 15 is 0 Å². The van der Waals surface area contributed by atoms with E-state index in [2.05, 4.69) is 0 Å². The van der Waals surface area contributed by atoms with Crippen molar-refractivity contribution in [3.63, 3.8) is 0 Å². The molecule has 5 aliphatic rings. The molecule has 0 aromatic carbocycles. The molecule has 6 rings (SSSR count). The number of esters is 2. The van der Waals surface area contributed by atoms with Crippen molar-refractivity contribution in [3.8, 4) is 0 Å². The lowest BCUT2D eigenvalue weighted by atomic mass is 9.45. The third-order valence-corrected chi connectivity index (χ3v) is 6.99. The maximum absolute atomic E-state index is 12.8. The second-order valence-corrected chi connectivity index (χ2v) is 8.28. The smallest absolute Gasteiger partial charge is 0.343 e. The highest BCUT2D eigenvalue weighted by molar-refractivity contribution is 5.92. The minimum atomic E-state index is -1.68. The molecule has 2 fully saturated rings. The third-order valence-electron chi connectivity index (χ3n) is 6.99. The first-order valence-electron chi connectivity index (χ1n) is 8.86. The van der Waals surface area contributed by atoms with Gasteiger partial charge < -0.3 is 19.0 Å². The molecular formula is C20H20O6. The summed E-state index contributed by atoms with van der Waals surface area (Å²) in [6, 6.07) is 1.79. The Hall–Kier alpha value is -2.34. The number of carbonyl (C=O) groups excluding carboxylic acids is 2. The van der Waals surface area contributed by atoms with Gasteiger partial charge >= 0.3 is 11.9 Å². The normalized spacial score (nSPS) is 46.1. The molecule has 1 N–H and O–H groups in total. The number of allylic oxidation sites excluding steroid dienone is 1. The minimum absolute atomic E-state index is 0.218. The quantitative estimate of drug-likeness (QED) is 0.614. The van der Waals surface area contributed by atoms with Crippen LogP contribution < -0.4 is 0 Å². The highest BCUT2D eigenvalue weighted by atomic mass is 16.6. The molecule has 6 heteroatoms. The zero-order valence-electron chi connectivity index (χ0n) is 14.6. The van der Waals surface area contributed by atoms with E-state index in [0.717, 1.165) is 5.56 Å². The predicted octanol–water partition coefficient (Wildman–Crippen LogP) is 2.45. The molecule has 0 spiro atoms. The first kappa shape index (κ1) is 15.9. The van der Waals surface area contributed by atoms with Crippen LogP contribution in [0, 0.1) is 16.7 Å². The summed E-state index contributed by atoms with van der Waals surface area (Å²) in [4.78, 5) is 25.1. The van der Waals surface area contributed by atoms with Crippen LogP contribution >= 0.6 is 0 Å².